The normalized spacial score (nSPS) is 12.7. The molecule has 2 nitrogen and oxygen atoms in total. The molecule has 2 aliphatic rings. The molecule has 1 aromatic heterocycles. The van der Waals surface area contributed by atoms with Gasteiger partial charge in [0.15, 0.2) is 5.82 Å². The van der Waals surface area contributed by atoms with E-state index in [-0.39, 0.29) is 0 Å². The third-order valence-electron chi connectivity index (χ3n) is 12.8. The fourth-order valence-electron chi connectivity index (χ4n) is 9.98. The number of nitrogens with zero attached hydrogens (tertiary/aromatic N) is 2. The largest absolute Gasteiger partial charge is 0.228 e. The summed E-state index contributed by atoms with van der Waals surface area (Å²) < 4.78 is 0. The Morgan fingerprint density at radius 3 is 1.11 bits per heavy atom. The zero-order valence-electron chi connectivity index (χ0n) is 33.3. The molecule has 0 aliphatic heterocycles. The van der Waals surface area contributed by atoms with Crippen LogP contribution in [0.5, 0.6) is 0 Å². The highest BCUT2D eigenvalue weighted by Gasteiger charge is 2.51. The highest BCUT2D eigenvalue weighted by atomic mass is 14.9. The van der Waals surface area contributed by atoms with Crippen LogP contribution in [0.4, 0.5) is 0 Å². The second kappa shape index (κ2) is 14.1. The molecule has 9 aromatic carbocycles. The van der Waals surface area contributed by atoms with Crippen molar-refractivity contribution in [1.82, 2.24) is 9.97 Å². The fraction of sp³-hybridized carbons (Fsp3) is 0.0169. The lowest BCUT2D eigenvalue weighted by Crippen LogP contribution is -2.25. The lowest BCUT2D eigenvalue weighted by molar-refractivity contribution is 0.794. The number of rotatable bonds is 6. The molecule has 2 aliphatic carbocycles. The van der Waals surface area contributed by atoms with E-state index >= 15 is 0 Å². The van der Waals surface area contributed by atoms with E-state index in [1.165, 1.54) is 72.3 Å². The lowest BCUT2D eigenvalue weighted by Gasteiger charge is -2.31. The highest BCUT2D eigenvalue weighted by molar-refractivity contribution is 5.99. The van der Waals surface area contributed by atoms with Crippen molar-refractivity contribution >= 4 is 0 Å². The summed E-state index contributed by atoms with van der Waals surface area (Å²) in [6.07, 6.45) is 0. The van der Waals surface area contributed by atoms with Gasteiger partial charge in [-0.05, 0) is 96.1 Å². The molecule has 0 atom stereocenters. The number of benzene rings is 9. The summed E-state index contributed by atoms with van der Waals surface area (Å²) in [7, 11) is 0. The molecule has 0 unspecified atom stereocenters. The van der Waals surface area contributed by atoms with Crippen LogP contribution in [-0.2, 0) is 5.41 Å². The molecule has 10 aromatic rings. The third kappa shape index (κ3) is 5.57. The van der Waals surface area contributed by atoms with Crippen molar-refractivity contribution in [3.8, 4) is 89.5 Å². The Balaban J connectivity index is 1.02. The fourth-order valence-corrected chi connectivity index (χ4v) is 9.98. The van der Waals surface area contributed by atoms with Gasteiger partial charge in [0.25, 0.3) is 0 Å². The second-order valence-electron chi connectivity index (χ2n) is 16.0. The SMILES string of the molecule is c1ccc(-c2ccc(-c3cc(-c4ccc(-c5cc6c(cc5-c5ccccc5)-c5ccccc5C65c6ccccc6-c6ccccc65)cc4)nc(-c4ccccc4)n3)cc2)cc1. The molecular weight excluding hydrogens is 737 g/mol. The number of hydrogen-bond donors (Lipinski definition) is 0. The molecule has 0 radical (unpaired) electrons. The summed E-state index contributed by atoms with van der Waals surface area (Å²) in [5.41, 5.74) is 22.1. The van der Waals surface area contributed by atoms with E-state index in [0.717, 1.165) is 33.6 Å². The summed E-state index contributed by atoms with van der Waals surface area (Å²) in [5.74, 6) is 0.705. The average molecular weight is 775 g/mol. The van der Waals surface area contributed by atoms with Crippen LogP contribution >= 0.6 is 0 Å². The molecule has 12 rings (SSSR count). The van der Waals surface area contributed by atoms with Crippen molar-refractivity contribution in [3.63, 3.8) is 0 Å². The quantitative estimate of drug-likeness (QED) is 0.168. The Morgan fingerprint density at radius 1 is 0.230 bits per heavy atom. The first-order chi connectivity index (χ1) is 30.2. The van der Waals surface area contributed by atoms with Gasteiger partial charge < -0.3 is 0 Å². The zero-order valence-corrected chi connectivity index (χ0v) is 33.3. The second-order valence-corrected chi connectivity index (χ2v) is 16.0. The van der Waals surface area contributed by atoms with Gasteiger partial charge in [-0.2, -0.15) is 0 Å². The van der Waals surface area contributed by atoms with Crippen LogP contribution in [0, 0.1) is 0 Å². The van der Waals surface area contributed by atoms with Gasteiger partial charge in [0.05, 0.1) is 16.8 Å². The van der Waals surface area contributed by atoms with Crippen molar-refractivity contribution in [1.29, 1.82) is 0 Å². The molecule has 1 spiro atoms. The predicted octanol–water partition coefficient (Wildman–Crippen LogP) is 14.8. The van der Waals surface area contributed by atoms with Crippen LogP contribution in [-0.4, -0.2) is 9.97 Å². The van der Waals surface area contributed by atoms with Gasteiger partial charge >= 0.3 is 0 Å². The minimum absolute atomic E-state index is 0.423. The summed E-state index contributed by atoms with van der Waals surface area (Å²) in [5, 5.41) is 0. The van der Waals surface area contributed by atoms with Crippen molar-refractivity contribution in [2.24, 2.45) is 0 Å². The number of fused-ring (bicyclic) bond motifs is 10. The van der Waals surface area contributed by atoms with E-state index in [1.54, 1.807) is 0 Å². The predicted molar refractivity (Wildman–Crippen MR) is 251 cm³/mol. The van der Waals surface area contributed by atoms with Crippen molar-refractivity contribution in [2.45, 2.75) is 5.41 Å². The highest BCUT2D eigenvalue weighted by Crippen LogP contribution is 2.63. The monoisotopic (exact) mass is 774 g/mol. The Bertz CT molecular complexity index is 3220. The van der Waals surface area contributed by atoms with Crippen molar-refractivity contribution in [2.75, 3.05) is 0 Å². The molecular formula is C59H38N2. The van der Waals surface area contributed by atoms with Crippen LogP contribution in [0.3, 0.4) is 0 Å². The molecule has 284 valence electrons. The van der Waals surface area contributed by atoms with Gasteiger partial charge in [-0.15, -0.1) is 0 Å². The number of hydrogen-bond acceptors (Lipinski definition) is 2. The smallest absolute Gasteiger partial charge is 0.160 e. The maximum absolute atomic E-state index is 5.18. The molecule has 61 heavy (non-hydrogen) atoms. The molecule has 0 amide bonds. The van der Waals surface area contributed by atoms with E-state index in [0.29, 0.717) is 5.82 Å². The van der Waals surface area contributed by atoms with Crippen LogP contribution in [0.1, 0.15) is 22.3 Å². The maximum Gasteiger partial charge on any atom is 0.160 e. The molecule has 2 heteroatoms. The van der Waals surface area contributed by atoms with E-state index in [1.807, 2.05) is 18.2 Å². The van der Waals surface area contributed by atoms with Gasteiger partial charge in [-0.1, -0.05) is 212 Å². The van der Waals surface area contributed by atoms with Crippen LogP contribution in [0.2, 0.25) is 0 Å². The standard InChI is InChI=1S/C59H38N2/c1-4-16-39(17-5-1)40-28-32-43(33-29-40)56-38-57(61-58(60-56)45-20-8-3-9-21-45)44-34-30-42(31-35-44)50-37-55-51(36-49(50)41-18-6-2-7-19-41)48-24-12-15-27-54(48)59(55)52-25-13-10-22-46(52)47-23-11-14-26-53(47)59/h1-38H. The molecule has 0 N–H and O–H groups in total. The van der Waals surface area contributed by atoms with E-state index < -0.39 is 5.41 Å². The topological polar surface area (TPSA) is 25.8 Å². The Labute approximate surface area is 356 Å². The summed E-state index contributed by atoms with van der Waals surface area (Å²) in [4.78, 5) is 10.3. The zero-order chi connectivity index (χ0) is 40.3. The average Bonchev–Trinajstić information content (AvgIpc) is 3.81. The van der Waals surface area contributed by atoms with Crippen molar-refractivity contribution in [3.05, 3.63) is 253 Å². The van der Waals surface area contributed by atoms with E-state index in [2.05, 4.69) is 212 Å². The molecule has 0 saturated carbocycles. The summed E-state index contributed by atoms with van der Waals surface area (Å²) in [6, 6.07) is 83.4. The Hall–Kier alpha value is -7.94. The molecule has 1 heterocycles. The van der Waals surface area contributed by atoms with Crippen LogP contribution < -0.4 is 0 Å². The number of aromatic nitrogens is 2. The molecule has 0 saturated heterocycles. The summed E-state index contributed by atoms with van der Waals surface area (Å²) in [6.45, 7) is 0. The van der Waals surface area contributed by atoms with Gasteiger partial charge in [0.2, 0.25) is 0 Å². The van der Waals surface area contributed by atoms with Gasteiger partial charge in [0.1, 0.15) is 0 Å². The first kappa shape index (κ1) is 35.0. The van der Waals surface area contributed by atoms with Crippen LogP contribution in [0.25, 0.3) is 89.5 Å². The minimum Gasteiger partial charge on any atom is -0.228 e. The summed E-state index contributed by atoms with van der Waals surface area (Å²) >= 11 is 0. The third-order valence-corrected chi connectivity index (χ3v) is 12.8. The molecule has 0 bridgehead atoms. The van der Waals surface area contributed by atoms with E-state index in [4.69, 9.17) is 9.97 Å². The molecule has 0 fully saturated rings. The van der Waals surface area contributed by atoms with Gasteiger partial charge in [0, 0.05) is 16.7 Å². The first-order valence-corrected chi connectivity index (χ1v) is 21.0. The van der Waals surface area contributed by atoms with E-state index in [9.17, 15) is 0 Å². The van der Waals surface area contributed by atoms with Crippen LogP contribution in [0.15, 0.2) is 231 Å². The first-order valence-electron chi connectivity index (χ1n) is 21.0. The minimum atomic E-state index is -0.423. The maximum atomic E-state index is 5.18. The Morgan fingerprint density at radius 2 is 0.590 bits per heavy atom. The van der Waals surface area contributed by atoms with Crippen molar-refractivity contribution < 1.29 is 0 Å². The Kier molecular flexibility index (Phi) is 8.11. The van der Waals surface area contributed by atoms with Gasteiger partial charge in [-0.3, -0.25) is 0 Å². The van der Waals surface area contributed by atoms with Gasteiger partial charge in [-0.25, -0.2) is 9.97 Å². The lowest BCUT2D eigenvalue weighted by atomic mass is 9.70.